The summed E-state index contributed by atoms with van der Waals surface area (Å²) in [5.74, 6) is -0.778. The molecule has 9 atom stereocenters. The number of aliphatic hydroxyl groups is 7. The Labute approximate surface area is 301 Å². The average molecular weight is 714 g/mol. The van der Waals surface area contributed by atoms with Gasteiger partial charge in [0, 0.05) is 6.42 Å². The first-order valence-electron chi connectivity index (χ1n) is 19.4. The summed E-state index contributed by atoms with van der Waals surface area (Å²) in [5, 5.41) is 75.0. The summed E-state index contributed by atoms with van der Waals surface area (Å²) in [5.41, 5.74) is 0. The highest BCUT2D eigenvalue weighted by Gasteiger charge is 2.44. The molecule has 9 unspecified atom stereocenters. The molecule has 0 aromatic rings. The Hall–Kier alpha value is -1.67. The third kappa shape index (κ3) is 20.4. The van der Waals surface area contributed by atoms with Gasteiger partial charge in [0.1, 0.15) is 36.6 Å². The fourth-order valence-corrected chi connectivity index (χ4v) is 5.83. The molecule has 11 heteroatoms. The quantitative estimate of drug-likeness (QED) is 0.0389. The van der Waals surface area contributed by atoms with Crippen molar-refractivity contribution in [2.75, 3.05) is 13.2 Å². The monoisotopic (exact) mass is 714 g/mol. The molecule has 0 bridgehead atoms. The van der Waals surface area contributed by atoms with E-state index in [1.807, 2.05) is 6.08 Å². The molecule has 1 rings (SSSR count). The van der Waals surface area contributed by atoms with Gasteiger partial charge in [0.2, 0.25) is 5.91 Å². The van der Waals surface area contributed by atoms with Gasteiger partial charge < -0.3 is 50.5 Å². The van der Waals surface area contributed by atoms with E-state index in [1.54, 1.807) is 6.08 Å². The number of nitrogens with one attached hydrogen (secondary N) is 1. The molecule has 50 heavy (non-hydrogen) atoms. The summed E-state index contributed by atoms with van der Waals surface area (Å²) in [4.78, 5) is 12.9. The number of ether oxygens (including phenoxy) is 2. The van der Waals surface area contributed by atoms with Crippen LogP contribution in [-0.4, -0.2) is 110 Å². The van der Waals surface area contributed by atoms with Gasteiger partial charge in [-0.15, -0.1) is 0 Å². The predicted molar refractivity (Wildman–Crippen MR) is 196 cm³/mol. The number of amides is 1. The fourth-order valence-electron chi connectivity index (χ4n) is 5.83. The van der Waals surface area contributed by atoms with Crippen molar-refractivity contribution in [2.45, 2.75) is 191 Å². The molecule has 8 N–H and O–H groups in total. The van der Waals surface area contributed by atoms with Crippen molar-refractivity contribution in [1.82, 2.24) is 5.32 Å². The second-order valence-electron chi connectivity index (χ2n) is 13.6. The fraction of sp³-hybridized carbons (Fsp3) is 0.821. The second kappa shape index (κ2) is 29.9. The van der Waals surface area contributed by atoms with Crippen LogP contribution in [0.15, 0.2) is 36.5 Å². The molecule has 0 aromatic carbocycles. The zero-order valence-electron chi connectivity index (χ0n) is 30.9. The molecule has 11 nitrogen and oxygen atoms in total. The lowest BCUT2D eigenvalue weighted by atomic mass is 9.99. The topological polar surface area (TPSA) is 189 Å². The van der Waals surface area contributed by atoms with Crippen molar-refractivity contribution in [1.29, 1.82) is 0 Å². The third-order valence-corrected chi connectivity index (χ3v) is 9.18. The molecule has 1 fully saturated rings. The van der Waals surface area contributed by atoms with Gasteiger partial charge in [0.05, 0.1) is 25.4 Å². The highest BCUT2D eigenvalue weighted by atomic mass is 16.7. The van der Waals surface area contributed by atoms with E-state index in [2.05, 4.69) is 43.5 Å². The van der Waals surface area contributed by atoms with Crippen molar-refractivity contribution >= 4 is 5.91 Å². The van der Waals surface area contributed by atoms with Gasteiger partial charge in [-0.05, 0) is 51.4 Å². The highest BCUT2D eigenvalue weighted by Crippen LogP contribution is 2.23. The first-order chi connectivity index (χ1) is 24.2. The van der Waals surface area contributed by atoms with Crippen LogP contribution < -0.4 is 5.32 Å². The number of carbonyl (C=O) groups excluding carboxylic acids is 1. The van der Waals surface area contributed by atoms with Gasteiger partial charge in [0.25, 0.3) is 0 Å². The van der Waals surface area contributed by atoms with E-state index in [1.165, 1.54) is 70.6 Å². The van der Waals surface area contributed by atoms with E-state index in [0.29, 0.717) is 12.8 Å². The van der Waals surface area contributed by atoms with E-state index in [0.717, 1.165) is 25.7 Å². The van der Waals surface area contributed by atoms with Crippen LogP contribution in [0.5, 0.6) is 0 Å². The first-order valence-corrected chi connectivity index (χ1v) is 19.4. The number of rotatable bonds is 30. The molecule has 1 amide bonds. The average Bonchev–Trinajstić information content (AvgIpc) is 3.11. The van der Waals surface area contributed by atoms with Crippen LogP contribution in [0.25, 0.3) is 0 Å². The van der Waals surface area contributed by atoms with Crippen molar-refractivity contribution in [3.63, 3.8) is 0 Å². The lowest BCUT2D eigenvalue weighted by molar-refractivity contribution is -0.303. The van der Waals surface area contributed by atoms with Crippen LogP contribution in [0, 0.1) is 0 Å². The summed E-state index contributed by atoms with van der Waals surface area (Å²) >= 11 is 0. The molecule has 1 aliphatic rings. The molecule has 0 radical (unpaired) electrons. The molecule has 1 heterocycles. The van der Waals surface area contributed by atoms with Crippen LogP contribution in [0.3, 0.4) is 0 Å². The SMILES string of the molecule is CCCCCCCC/C=C\C/C=C\CC(O)C(=O)NC(COC1OC(CO)C(O)C(O)C1O)C(O)C(O)CCC/C=C/CCCCCCCC. The molecule has 0 saturated carbocycles. The lowest BCUT2D eigenvalue weighted by Crippen LogP contribution is -2.60. The minimum absolute atomic E-state index is 0.0428. The van der Waals surface area contributed by atoms with E-state index in [-0.39, 0.29) is 12.8 Å². The van der Waals surface area contributed by atoms with Gasteiger partial charge in [-0.2, -0.15) is 0 Å². The number of unbranched alkanes of at least 4 members (excludes halogenated alkanes) is 13. The summed E-state index contributed by atoms with van der Waals surface area (Å²) in [6.07, 6.45) is 19.5. The smallest absolute Gasteiger partial charge is 0.249 e. The Morgan fingerprint density at radius 3 is 1.86 bits per heavy atom. The second-order valence-corrected chi connectivity index (χ2v) is 13.6. The normalized spacial score (nSPS) is 23.9. The highest BCUT2D eigenvalue weighted by molar-refractivity contribution is 5.81. The predicted octanol–water partition coefficient (Wildman–Crippen LogP) is 4.49. The van der Waals surface area contributed by atoms with Crippen molar-refractivity contribution < 1.29 is 50.0 Å². The van der Waals surface area contributed by atoms with Gasteiger partial charge >= 0.3 is 0 Å². The van der Waals surface area contributed by atoms with Crippen molar-refractivity contribution in [3.05, 3.63) is 36.5 Å². The molecular weight excluding hydrogens is 642 g/mol. The maximum Gasteiger partial charge on any atom is 0.249 e. The van der Waals surface area contributed by atoms with E-state index in [4.69, 9.17) is 9.47 Å². The number of hydrogen-bond donors (Lipinski definition) is 8. The molecule has 0 aliphatic carbocycles. The number of allylic oxidation sites excluding steroid dienone is 5. The maximum atomic E-state index is 12.9. The van der Waals surface area contributed by atoms with Gasteiger partial charge in [-0.25, -0.2) is 0 Å². The Bertz CT molecular complexity index is 913. The van der Waals surface area contributed by atoms with Gasteiger partial charge in [0.15, 0.2) is 6.29 Å². The minimum Gasteiger partial charge on any atom is -0.394 e. The maximum absolute atomic E-state index is 12.9. The van der Waals surface area contributed by atoms with Crippen LogP contribution in [-0.2, 0) is 14.3 Å². The summed E-state index contributed by atoms with van der Waals surface area (Å²) in [6, 6.07) is -1.21. The molecule has 1 aliphatic heterocycles. The minimum atomic E-state index is -1.68. The standard InChI is InChI=1S/C39H71NO10/c1-3-5-7-9-11-13-15-17-19-21-23-25-27-32(43)38(48)40-30(29-49-39-37(47)36(46)35(45)33(28-41)50-39)34(44)31(42)26-24-22-20-18-16-14-12-10-8-6-4-2/h17-20,23,25,30-37,39,41-47H,3-16,21-22,24,26-29H2,1-2H3,(H,40,48)/b19-17-,20-18+,25-23-. The largest absolute Gasteiger partial charge is 0.394 e. The molecule has 1 saturated heterocycles. The molecule has 0 spiro atoms. The summed E-state index contributed by atoms with van der Waals surface area (Å²) in [6.45, 7) is 3.31. The summed E-state index contributed by atoms with van der Waals surface area (Å²) in [7, 11) is 0. The first kappa shape index (κ1) is 46.4. The zero-order chi connectivity index (χ0) is 37.0. The summed E-state index contributed by atoms with van der Waals surface area (Å²) < 4.78 is 11.0. The Morgan fingerprint density at radius 1 is 0.720 bits per heavy atom. The van der Waals surface area contributed by atoms with Crippen LogP contribution in [0.1, 0.15) is 136 Å². The van der Waals surface area contributed by atoms with Crippen molar-refractivity contribution in [2.24, 2.45) is 0 Å². The van der Waals surface area contributed by atoms with Crippen molar-refractivity contribution in [3.8, 4) is 0 Å². The van der Waals surface area contributed by atoms with Gasteiger partial charge in [-0.1, -0.05) is 115 Å². The third-order valence-electron chi connectivity index (χ3n) is 9.18. The number of aliphatic hydroxyl groups excluding tert-OH is 7. The van der Waals surface area contributed by atoms with Crippen LogP contribution in [0.4, 0.5) is 0 Å². The molecule has 292 valence electrons. The van der Waals surface area contributed by atoms with Crippen LogP contribution in [0.2, 0.25) is 0 Å². The van der Waals surface area contributed by atoms with E-state index >= 15 is 0 Å². The Balaban J connectivity index is 2.66. The van der Waals surface area contributed by atoms with Gasteiger partial charge in [-0.3, -0.25) is 4.79 Å². The lowest BCUT2D eigenvalue weighted by Gasteiger charge is -2.40. The van der Waals surface area contributed by atoms with E-state index in [9.17, 15) is 40.5 Å². The Kier molecular flexibility index (Phi) is 27.7. The number of carbonyl (C=O) groups is 1. The van der Waals surface area contributed by atoms with E-state index < -0.39 is 74.2 Å². The molecular formula is C39H71NO10. The van der Waals surface area contributed by atoms with Crippen LogP contribution >= 0.6 is 0 Å². The molecule has 0 aromatic heterocycles. The Morgan fingerprint density at radius 2 is 1.26 bits per heavy atom. The number of hydrogen-bond acceptors (Lipinski definition) is 10. The zero-order valence-corrected chi connectivity index (χ0v) is 30.9.